The Balaban J connectivity index is 1.53. The zero-order valence-electron chi connectivity index (χ0n) is 20.9. The quantitative estimate of drug-likeness (QED) is 0.383. The monoisotopic (exact) mass is 527 g/mol. The van der Waals surface area contributed by atoms with Crippen LogP contribution in [0.15, 0.2) is 79.0 Å². The molecule has 3 atom stereocenters. The minimum atomic E-state index is -2.09. The number of aliphatic hydroxyl groups is 2. The van der Waals surface area contributed by atoms with Crippen LogP contribution in [0.5, 0.6) is 5.75 Å². The third-order valence-electron chi connectivity index (χ3n) is 7.12. The van der Waals surface area contributed by atoms with Crippen molar-refractivity contribution < 1.29 is 34.0 Å². The van der Waals surface area contributed by atoms with E-state index in [0.29, 0.717) is 34.6 Å². The van der Waals surface area contributed by atoms with Gasteiger partial charge in [-0.1, -0.05) is 48.5 Å². The van der Waals surface area contributed by atoms with Crippen molar-refractivity contribution in [1.82, 2.24) is 15.1 Å². The van der Waals surface area contributed by atoms with Gasteiger partial charge in [-0.25, -0.2) is 14.5 Å². The Morgan fingerprint density at radius 2 is 1.69 bits per heavy atom. The summed E-state index contributed by atoms with van der Waals surface area (Å²) in [5.74, 6) is -3.79. The van der Waals surface area contributed by atoms with E-state index in [1.807, 2.05) is 54.6 Å². The highest BCUT2D eigenvalue weighted by Gasteiger charge is 2.55. The van der Waals surface area contributed by atoms with Crippen molar-refractivity contribution in [2.45, 2.75) is 30.6 Å². The molecule has 6 rings (SSSR count). The normalized spacial score (nSPS) is 25.4. The van der Waals surface area contributed by atoms with E-state index in [2.05, 4.69) is 10.2 Å². The molecule has 1 saturated heterocycles. The van der Waals surface area contributed by atoms with E-state index < -0.39 is 36.2 Å². The second-order valence-corrected chi connectivity index (χ2v) is 9.52. The molecule has 0 aliphatic carbocycles. The fraction of sp³-hybridized carbons (Fsp3) is 0.241. The third kappa shape index (κ3) is 4.28. The molecule has 39 heavy (non-hydrogen) atoms. The van der Waals surface area contributed by atoms with Crippen molar-refractivity contribution >= 4 is 22.7 Å². The van der Waals surface area contributed by atoms with Gasteiger partial charge in [0.05, 0.1) is 11.3 Å². The number of ether oxygens (including phenoxy) is 3. The van der Waals surface area contributed by atoms with E-state index in [0.717, 1.165) is 10.8 Å². The Morgan fingerprint density at radius 3 is 2.44 bits per heavy atom. The summed E-state index contributed by atoms with van der Waals surface area (Å²) in [5, 5.41) is 30.5. The second-order valence-electron chi connectivity index (χ2n) is 9.52. The van der Waals surface area contributed by atoms with Crippen LogP contribution in [0.25, 0.3) is 22.0 Å². The molecule has 2 aliphatic heterocycles. The van der Waals surface area contributed by atoms with Crippen LogP contribution in [0, 0.1) is 0 Å². The second kappa shape index (κ2) is 9.73. The molecule has 1 aromatic heterocycles. The van der Waals surface area contributed by atoms with Gasteiger partial charge in [-0.3, -0.25) is 0 Å². The van der Waals surface area contributed by atoms with Crippen molar-refractivity contribution in [3.8, 4) is 17.0 Å². The van der Waals surface area contributed by atoms with E-state index in [1.54, 1.807) is 36.3 Å². The molecule has 0 saturated carbocycles. The van der Waals surface area contributed by atoms with Gasteiger partial charge >= 0.3 is 17.8 Å². The molecule has 3 unspecified atom stereocenters. The number of carbonyl (C=O) groups excluding carboxylic acids is 2. The zero-order valence-corrected chi connectivity index (χ0v) is 20.9. The minimum absolute atomic E-state index is 0.275. The molecule has 3 heterocycles. The number of aliphatic hydroxyl groups excluding tert-OH is 2. The lowest BCUT2D eigenvalue weighted by molar-refractivity contribution is -0.288. The lowest BCUT2D eigenvalue weighted by atomic mass is 9.95. The van der Waals surface area contributed by atoms with E-state index in [1.165, 1.54) is 0 Å². The van der Waals surface area contributed by atoms with Crippen LogP contribution in [-0.2, 0) is 25.0 Å². The average molecular weight is 528 g/mol. The molecule has 10 nitrogen and oxygen atoms in total. The molecule has 198 valence electrons. The summed E-state index contributed by atoms with van der Waals surface area (Å²) >= 11 is 0. The van der Waals surface area contributed by atoms with Crippen LogP contribution in [0.1, 0.15) is 23.7 Å². The smallest absolute Gasteiger partial charge is 0.349 e. The number of carbonyl (C=O) groups is 2. The van der Waals surface area contributed by atoms with Crippen molar-refractivity contribution in [3.63, 3.8) is 0 Å². The minimum Gasteiger partial charge on any atom is -0.485 e. The summed E-state index contributed by atoms with van der Waals surface area (Å²) < 4.78 is 18.0. The maximum absolute atomic E-state index is 12.8. The van der Waals surface area contributed by atoms with Crippen LogP contribution in [0.4, 0.5) is 0 Å². The topological polar surface area (TPSA) is 131 Å². The maximum Gasteiger partial charge on any atom is 0.349 e. The third-order valence-corrected chi connectivity index (χ3v) is 7.12. The zero-order chi connectivity index (χ0) is 27.1. The number of rotatable bonds is 3. The first-order valence-electron chi connectivity index (χ1n) is 12.5. The SMILES string of the molecule is CN1CCC(Oc2cccc3ccccc23)c2ccc(-c3cccnn3)cc2C12OC(=O)C(O)C(O)C(=O)O2. The average Bonchev–Trinajstić information content (AvgIpc) is 3.12. The maximum atomic E-state index is 12.8. The van der Waals surface area contributed by atoms with Gasteiger partial charge in [-0.2, -0.15) is 10.2 Å². The lowest BCUT2D eigenvalue weighted by Crippen LogP contribution is -2.50. The molecule has 1 spiro atoms. The first-order valence-corrected chi connectivity index (χ1v) is 12.5. The predicted octanol–water partition coefficient (Wildman–Crippen LogP) is 2.68. The van der Waals surface area contributed by atoms with Crippen LogP contribution in [-0.4, -0.2) is 63.0 Å². The van der Waals surface area contributed by atoms with Crippen molar-refractivity contribution in [1.29, 1.82) is 0 Å². The summed E-state index contributed by atoms with van der Waals surface area (Å²) in [6, 6.07) is 22.5. The molecule has 2 N–H and O–H groups in total. The Labute approximate surface area is 223 Å². The summed E-state index contributed by atoms with van der Waals surface area (Å²) in [6.07, 6.45) is -2.72. The van der Waals surface area contributed by atoms with Gasteiger partial charge in [0.1, 0.15) is 11.9 Å². The first-order chi connectivity index (χ1) is 18.9. The molecule has 0 radical (unpaired) electrons. The molecule has 10 heteroatoms. The highest BCUT2D eigenvalue weighted by atomic mass is 16.8. The van der Waals surface area contributed by atoms with Crippen LogP contribution >= 0.6 is 0 Å². The molecule has 4 aromatic rings. The van der Waals surface area contributed by atoms with E-state index in [4.69, 9.17) is 14.2 Å². The summed E-state index contributed by atoms with van der Waals surface area (Å²) in [6.45, 7) is 0.275. The number of nitrogens with zero attached hydrogens (tertiary/aromatic N) is 3. The van der Waals surface area contributed by atoms with Gasteiger partial charge in [-0.05, 0) is 36.7 Å². The molecule has 3 aromatic carbocycles. The summed E-state index contributed by atoms with van der Waals surface area (Å²) in [7, 11) is 1.63. The van der Waals surface area contributed by atoms with Crippen LogP contribution < -0.4 is 4.74 Å². The standard InChI is InChI=1S/C29H25N3O7/c1-32-15-13-24(37-23-10-4-7-17-6-2-3-8-19(17)23)20-12-11-18(22-9-5-14-30-31-22)16-21(20)29(32)38-27(35)25(33)26(34)28(36)39-29/h2-12,14,16,24-26,33-34H,13,15H2,1H3. The Bertz CT molecular complexity index is 1530. The van der Waals surface area contributed by atoms with Crippen molar-refractivity contribution in [2.75, 3.05) is 13.6 Å². The Hall–Kier alpha value is -4.38. The molecular formula is C29H25N3O7. The van der Waals surface area contributed by atoms with Gasteiger partial charge in [-0.15, -0.1) is 0 Å². The highest BCUT2D eigenvalue weighted by Crippen LogP contribution is 2.44. The number of hydrogen-bond donors (Lipinski definition) is 2. The van der Waals surface area contributed by atoms with Gasteiger partial charge in [0.25, 0.3) is 0 Å². The van der Waals surface area contributed by atoms with E-state index in [-0.39, 0.29) is 6.54 Å². The van der Waals surface area contributed by atoms with Gasteiger partial charge < -0.3 is 24.4 Å². The lowest BCUT2D eigenvalue weighted by Gasteiger charge is -2.38. The number of esters is 2. The van der Waals surface area contributed by atoms with E-state index >= 15 is 0 Å². The Morgan fingerprint density at radius 1 is 0.949 bits per heavy atom. The molecular weight excluding hydrogens is 502 g/mol. The summed E-state index contributed by atoms with van der Waals surface area (Å²) in [5.41, 5.74) is 2.07. The van der Waals surface area contributed by atoms with Crippen LogP contribution in [0.2, 0.25) is 0 Å². The fourth-order valence-electron chi connectivity index (χ4n) is 5.06. The number of aromatic nitrogens is 2. The number of fused-ring (bicyclic) bond motifs is 3. The summed E-state index contributed by atoms with van der Waals surface area (Å²) in [4.78, 5) is 27.2. The number of benzene rings is 3. The molecule has 1 fully saturated rings. The van der Waals surface area contributed by atoms with Gasteiger partial charge in [0.15, 0.2) is 12.2 Å². The first kappa shape index (κ1) is 24.9. The van der Waals surface area contributed by atoms with Crippen LogP contribution in [0.3, 0.4) is 0 Å². The molecule has 0 bridgehead atoms. The highest BCUT2D eigenvalue weighted by molar-refractivity contribution is 5.88. The van der Waals surface area contributed by atoms with Crippen molar-refractivity contribution in [3.05, 3.63) is 90.1 Å². The molecule has 0 amide bonds. The molecule has 2 aliphatic rings. The van der Waals surface area contributed by atoms with Crippen molar-refractivity contribution in [2.24, 2.45) is 0 Å². The fourth-order valence-corrected chi connectivity index (χ4v) is 5.06. The van der Waals surface area contributed by atoms with Gasteiger partial charge in [0.2, 0.25) is 0 Å². The van der Waals surface area contributed by atoms with Gasteiger partial charge in [0, 0.05) is 35.7 Å². The number of hydrogen-bond acceptors (Lipinski definition) is 10. The Kier molecular flexibility index (Phi) is 6.22. The largest absolute Gasteiger partial charge is 0.485 e. The predicted molar refractivity (Wildman–Crippen MR) is 138 cm³/mol. The van der Waals surface area contributed by atoms with E-state index in [9.17, 15) is 19.8 Å².